The quantitative estimate of drug-likeness (QED) is 0.0309. The molecule has 3 amide bonds. The highest BCUT2D eigenvalue weighted by Gasteiger charge is 2.21. The zero-order valence-electron chi connectivity index (χ0n) is 44.5. The van der Waals surface area contributed by atoms with Crippen molar-refractivity contribution < 1.29 is 87.3 Å². The van der Waals surface area contributed by atoms with Crippen molar-refractivity contribution >= 4 is 60.0 Å². The molecule has 0 aliphatic carbocycles. The van der Waals surface area contributed by atoms with Gasteiger partial charge in [0.1, 0.15) is 49.7 Å². The Morgan fingerprint density at radius 3 is 1.36 bits per heavy atom. The molecule has 0 aliphatic rings. The Labute approximate surface area is 433 Å². The molecule has 0 saturated heterocycles. The Balaban J connectivity index is -0.000000592. The van der Waals surface area contributed by atoms with E-state index < -0.39 is 47.9 Å². The number of ether oxygens (including phenoxy) is 4. The Bertz CT molecular complexity index is 1440. The van der Waals surface area contributed by atoms with Crippen molar-refractivity contribution in [3.05, 3.63) is 0 Å². The average Bonchev–Trinajstić information content (AvgIpc) is 3.35. The molecule has 0 fully saturated rings. The second-order valence-corrected chi connectivity index (χ2v) is 16.4. The second-order valence-electron chi connectivity index (χ2n) is 16.4. The van der Waals surface area contributed by atoms with Gasteiger partial charge in [-0.2, -0.15) is 0 Å². The third-order valence-electron chi connectivity index (χ3n) is 10.2. The van der Waals surface area contributed by atoms with E-state index in [1.54, 1.807) is 7.05 Å². The van der Waals surface area contributed by atoms with Crippen LogP contribution in [-0.2, 0) is 66.9 Å². The number of aliphatic carboxylic acids is 4. The van der Waals surface area contributed by atoms with Gasteiger partial charge in [0.15, 0.2) is 0 Å². The molecule has 0 bridgehead atoms. The summed E-state index contributed by atoms with van der Waals surface area (Å²) < 4.78 is 20.4. The lowest BCUT2D eigenvalue weighted by molar-refractivity contribution is -0.143. The monoisotopic (exact) mass is 1050 g/mol. The van der Waals surface area contributed by atoms with Crippen molar-refractivity contribution in [3.8, 4) is 0 Å². The van der Waals surface area contributed by atoms with Crippen molar-refractivity contribution in [2.75, 3.05) is 80.0 Å². The first kappa shape index (κ1) is 74.6. The summed E-state index contributed by atoms with van der Waals surface area (Å²) in [5.74, 6) is -5.07. The Morgan fingerprint density at radius 2 is 0.904 bits per heavy atom. The number of ketones is 1. The van der Waals surface area contributed by atoms with E-state index in [0.717, 1.165) is 45.1 Å². The number of nitrogens with one attached hydrogen (secondary N) is 5. The highest BCUT2D eigenvalue weighted by molar-refractivity contribution is 5.85. The van der Waals surface area contributed by atoms with E-state index in [2.05, 4.69) is 26.6 Å². The van der Waals surface area contributed by atoms with E-state index in [9.17, 15) is 53.1 Å². The van der Waals surface area contributed by atoms with E-state index in [-0.39, 0.29) is 95.7 Å². The fraction of sp³-hybridized carbons (Fsp3) is 0.800. The third kappa shape index (κ3) is 59.5. The molecule has 0 aliphatic heterocycles. The maximum absolute atomic E-state index is 12.2. The van der Waals surface area contributed by atoms with Crippen LogP contribution in [0.1, 0.15) is 162 Å². The van der Waals surface area contributed by atoms with E-state index in [1.165, 1.54) is 51.9 Å². The fourth-order valence-corrected chi connectivity index (χ4v) is 6.21. The minimum Gasteiger partial charge on any atom is -0.481 e. The summed E-state index contributed by atoms with van der Waals surface area (Å²) >= 11 is 0. The summed E-state index contributed by atoms with van der Waals surface area (Å²) in [5.41, 5.74) is 0. The van der Waals surface area contributed by atoms with E-state index in [1.807, 2.05) is 20.9 Å². The molecule has 23 heteroatoms. The number of hydrogen-bond acceptors (Lipinski definition) is 16. The predicted octanol–water partition coefficient (Wildman–Crippen LogP) is 3.85. The van der Waals surface area contributed by atoms with Gasteiger partial charge < -0.3 is 80.3 Å². The van der Waals surface area contributed by atoms with Crippen molar-refractivity contribution in [1.82, 2.24) is 26.6 Å². The first-order valence-corrected chi connectivity index (χ1v) is 25.8. The topological polar surface area (TPSA) is 349 Å². The van der Waals surface area contributed by atoms with Crippen LogP contribution in [0, 0.1) is 0 Å². The zero-order valence-corrected chi connectivity index (χ0v) is 44.5. The van der Waals surface area contributed by atoms with Gasteiger partial charge in [-0.25, -0.2) is 9.59 Å². The van der Waals surface area contributed by atoms with Gasteiger partial charge in [-0.1, -0.05) is 90.9 Å². The highest BCUT2D eigenvalue weighted by Crippen LogP contribution is 2.14. The van der Waals surface area contributed by atoms with Gasteiger partial charge in [-0.3, -0.25) is 24.0 Å². The zero-order chi connectivity index (χ0) is 55.8. The van der Waals surface area contributed by atoms with Gasteiger partial charge in [0.25, 0.3) is 0 Å². The first-order valence-electron chi connectivity index (χ1n) is 25.8. The van der Waals surface area contributed by atoms with Crippen LogP contribution < -0.4 is 26.6 Å². The summed E-state index contributed by atoms with van der Waals surface area (Å²) in [4.78, 5) is 109. The Morgan fingerprint density at radius 1 is 0.466 bits per heavy atom. The number of aldehydes is 2. The number of amides is 3. The number of hydrogen-bond donors (Lipinski definition) is 9. The summed E-state index contributed by atoms with van der Waals surface area (Å²) in [6.07, 6.45) is 17.9. The molecule has 0 saturated carbocycles. The van der Waals surface area contributed by atoms with E-state index in [0.29, 0.717) is 51.7 Å². The molecule has 0 spiro atoms. The number of rotatable bonds is 48. The average molecular weight is 1050 g/mol. The largest absolute Gasteiger partial charge is 0.481 e. The molecule has 0 heterocycles. The van der Waals surface area contributed by atoms with Crippen LogP contribution in [0.15, 0.2) is 0 Å². The molecule has 73 heavy (non-hydrogen) atoms. The molecule has 3 atom stereocenters. The van der Waals surface area contributed by atoms with Crippen LogP contribution >= 0.6 is 0 Å². The number of Topliss-reactive ketones (excluding diaryl/α,β-unsaturated/α-hetero) is 1. The van der Waals surface area contributed by atoms with Crippen LogP contribution in [-0.4, -0.2) is 179 Å². The molecule has 23 nitrogen and oxygen atoms in total. The molecule has 426 valence electrons. The smallest absolute Gasteiger partial charge is 0.326 e. The molecule has 0 radical (unpaired) electrons. The van der Waals surface area contributed by atoms with Crippen LogP contribution in [0.4, 0.5) is 0 Å². The van der Waals surface area contributed by atoms with Gasteiger partial charge in [0.2, 0.25) is 17.7 Å². The van der Waals surface area contributed by atoms with E-state index >= 15 is 0 Å². The normalized spacial score (nSPS) is 11.6. The lowest BCUT2D eigenvalue weighted by atomic mass is 10.0. The molecule has 9 N–H and O–H groups in total. The Hall–Kier alpha value is -4.94. The third-order valence-corrected chi connectivity index (χ3v) is 10.2. The number of likely N-dealkylation sites (N-methyl/N-ethyl adjacent to an activating group) is 2. The lowest BCUT2D eigenvalue weighted by Crippen LogP contribution is -2.42. The SMILES string of the molecule is CC.CNCCOCCOCC(=O)NC(CCC=O)C(=O)O.CN[C@@H](CCC(C)=O)C(=O)O.O=CCOCCOCCNC(=O)CCC(NC(=O)CCCCCCCCCCCCCCCCC(=O)O)C(=O)O. The van der Waals surface area contributed by atoms with Crippen LogP contribution in [0.2, 0.25) is 0 Å². The summed E-state index contributed by atoms with van der Waals surface area (Å²) in [5, 5.41) is 48.3. The second kappa shape index (κ2) is 58.0. The first-order chi connectivity index (χ1) is 35.0. The van der Waals surface area contributed by atoms with Gasteiger partial charge in [0.05, 0.1) is 39.6 Å². The maximum Gasteiger partial charge on any atom is 0.326 e. The van der Waals surface area contributed by atoms with E-state index in [4.69, 9.17) is 34.3 Å². The Kier molecular flexibility index (Phi) is 59.2. The van der Waals surface area contributed by atoms with Gasteiger partial charge >= 0.3 is 23.9 Å². The molecular formula is C50H93N5O18. The minimum atomic E-state index is -1.17. The number of unbranched alkanes of at least 4 members (excludes halogenated alkanes) is 13. The van der Waals surface area contributed by atoms with Gasteiger partial charge in [0, 0.05) is 45.2 Å². The standard InChI is InChI=1S/C29H52N2O9.C12H22N2O6.C7H13NO3.C2H6/c32-20-22-40-24-23-39-21-19-30-26(33)18-17-25(29(37)38)31-27(34)15-13-11-9-7-5-3-1-2-4-6-8-10-12-14-16-28(35)36;1-13-4-6-19-7-8-20-9-11(16)14-10(12(17)18)3-2-5-15;1-5(9)3-4-6(8-2)7(10)11;1-2/h20,25H,1-19,21-24H2,(H,30,33)(H,31,34)(H,35,36)(H,37,38);5,10,13H,2-4,6-9H2,1H3,(H,14,16)(H,17,18);6,8H,3-4H2,1-2H3,(H,10,11);1-2H3/t;;6-;/m..0./s1. The van der Waals surface area contributed by atoms with Gasteiger partial charge in [-0.05, 0) is 53.1 Å². The lowest BCUT2D eigenvalue weighted by Gasteiger charge is -2.14. The molecule has 0 aromatic carbocycles. The summed E-state index contributed by atoms with van der Waals surface area (Å²) in [7, 11) is 3.38. The molecule has 0 rings (SSSR count). The number of carboxylic acid groups (broad SMARTS) is 4. The fourth-order valence-electron chi connectivity index (χ4n) is 6.21. The number of carbonyl (C=O) groups excluding carboxylic acids is 6. The summed E-state index contributed by atoms with van der Waals surface area (Å²) in [6.45, 7) is 8.28. The molecule has 0 aromatic rings. The predicted molar refractivity (Wildman–Crippen MR) is 273 cm³/mol. The molecule has 0 aromatic heterocycles. The number of carboxylic acids is 4. The van der Waals surface area contributed by atoms with Crippen molar-refractivity contribution in [2.24, 2.45) is 0 Å². The van der Waals surface area contributed by atoms with Gasteiger partial charge in [-0.15, -0.1) is 0 Å². The number of carbonyl (C=O) groups is 10. The highest BCUT2D eigenvalue weighted by atomic mass is 16.5. The maximum atomic E-state index is 12.2. The van der Waals surface area contributed by atoms with Crippen molar-refractivity contribution in [1.29, 1.82) is 0 Å². The van der Waals surface area contributed by atoms with Crippen molar-refractivity contribution in [2.45, 2.75) is 180 Å². The molecular weight excluding hydrogens is 959 g/mol. The molecule has 2 unspecified atom stereocenters. The van der Waals surface area contributed by atoms with Crippen LogP contribution in [0.25, 0.3) is 0 Å². The van der Waals surface area contributed by atoms with Crippen LogP contribution in [0.3, 0.4) is 0 Å². The minimum absolute atomic E-state index is 0.0140. The van der Waals surface area contributed by atoms with Crippen LogP contribution in [0.5, 0.6) is 0 Å². The summed E-state index contributed by atoms with van der Waals surface area (Å²) in [6, 6.07) is -2.76. The van der Waals surface area contributed by atoms with Crippen molar-refractivity contribution in [3.63, 3.8) is 0 Å².